The first-order valence-electron chi connectivity index (χ1n) is 11.0. The second kappa shape index (κ2) is 14.7. The molecule has 0 spiro atoms. The predicted molar refractivity (Wildman–Crippen MR) is 120 cm³/mol. The molecule has 30 heavy (non-hydrogen) atoms. The van der Waals surface area contributed by atoms with Crippen LogP contribution in [0.5, 0.6) is 0 Å². The lowest BCUT2D eigenvalue weighted by Crippen LogP contribution is -2.50. The summed E-state index contributed by atoms with van der Waals surface area (Å²) >= 11 is 0. The molecule has 0 amide bonds. The molecule has 0 aliphatic heterocycles. The van der Waals surface area contributed by atoms with Gasteiger partial charge in [-0.05, 0) is 44.4 Å². The van der Waals surface area contributed by atoms with Crippen molar-refractivity contribution < 1.29 is 29.1 Å². The number of Topliss-reactive ketones (excluding diaryl/α,β-unsaturated/α-hetero) is 1. The Kier molecular flexibility index (Phi) is 13.1. The van der Waals surface area contributed by atoms with Crippen LogP contribution in [0.25, 0.3) is 0 Å². The van der Waals surface area contributed by atoms with Crippen LogP contribution in [-0.4, -0.2) is 55.5 Å². The van der Waals surface area contributed by atoms with Crippen LogP contribution in [-0.2, 0) is 20.4 Å². The van der Waals surface area contributed by atoms with Crippen molar-refractivity contribution in [1.82, 2.24) is 0 Å². The fraction of sp³-hybridized carbons (Fsp3) is 0.739. The number of carboxylic acids is 1. The summed E-state index contributed by atoms with van der Waals surface area (Å²) in [5.41, 5.74) is -1.82. The fourth-order valence-corrected chi connectivity index (χ4v) is 4.71. The molecule has 1 unspecified atom stereocenters. The van der Waals surface area contributed by atoms with E-state index in [-0.39, 0.29) is 30.5 Å². The Balaban J connectivity index is 2.80. The third kappa shape index (κ3) is 9.23. The van der Waals surface area contributed by atoms with E-state index < -0.39 is 28.3 Å². The molecule has 1 aliphatic rings. The van der Waals surface area contributed by atoms with Crippen molar-refractivity contribution in [3.8, 4) is 0 Å². The molecule has 1 fully saturated rings. The third-order valence-electron chi connectivity index (χ3n) is 5.80. The van der Waals surface area contributed by atoms with E-state index in [1.54, 1.807) is 12.2 Å². The summed E-state index contributed by atoms with van der Waals surface area (Å²) in [5.74, 6) is -2.12. The molecule has 0 aromatic rings. The molecule has 1 aliphatic carbocycles. The van der Waals surface area contributed by atoms with Gasteiger partial charge in [0.1, 0.15) is 5.78 Å². The highest BCUT2D eigenvalue weighted by molar-refractivity contribution is 7.85. The molecule has 3 N–H and O–H groups in total. The van der Waals surface area contributed by atoms with E-state index in [1.807, 2.05) is 12.2 Å². The fourth-order valence-electron chi connectivity index (χ4n) is 4.14. The van der Waals surface area contributed by atoms with Gasteiger partial charge in [-0.3, -0.25) is 9.00 Å². The number of aliphatic carboxylic acids is 1. The maximum atomic E-state index is 12.1. The summed E-state index contributed by atoms with van der Waals surface area (Å²) in [7, 11) is -1.17. The Labute approximate surface area is 182 Å². The van der Waals surface area contributed by atoms with Crippen molar-refractivity contribution in [2.45, 2.75) is 76.2 Å². The topological polar surface area (TPSA) is 112 Å². The van der Waals surface area contributed by atoms with Crippen molar-refractivity contribution in [2.24, 2.45) is 11.8 Å². The van der Waals surface area contributed by atoms with Gasteiger partial charge in [0.15, 0.2) is 5.60 Å². The van der Waals surface area contributed by atoms with E-state index in [0.717, 1.165) is 44.9 Å². The predicted octanol–water partition coefficient (Wildman–Crippen LogP) is 3.39. The molecule has 172 valence electrons. The van der Waals surface area contributed by atoms with Gasteiger partial charge in [-0.25, -0.2) is 4.79 Å². The van der Waals surface area contributed by atoms with Crippen molar-refractivity contribution in [2.75, 3.05) is 18.6 Å². The largest absolute Gasteiger partial charge is 0.479 e. The molecule has 0 heterocycles. The number of carbonyl (C=O) groups excluding carboxylic acids is 1. The summed E-state index contributed by atoms with van der Waals surface area (Å²) in [4.78, 5) is 23.8. The number of aliphatic hydroxyl groups excluding tert-OH is 1. The number of rotatable bonds is 16. The molecule has 1 rings (SSSR count). The number of carbonyl (C=O) groups is 2. The van der Waals surface area contributed by atoms with Crippen LogP contribution in [0.1, 0.15) is 70.6 Å². The first-order chi connectivity index (χ1) is 14.3. The van der Waals surface area contributed by atoms with Gasteiger partial charge >= 0.3 is 5.97 Å². The normalized spacial score (nSPS) is 19.3. The molecule has 0 bridgehead atoms. The first-order valence-corrected chi connectivity index (χ1v) is 12.7. The van der Waals surface area contributed by atoms with Crippen LogP contribution in [0.4, 0.5) is 0 Å². The number of hydrogen-bond donors (Lipinski definition) is 3. The number of hydrogen-bond acceptors (Lipinski definition) is 5. The zero-order valence-electron chi connectivity index (χ0n) is 18.1. The molecule has 6 nitrogen and oxygen atoms in total. The minimum Gasteiger partial charge on any atom is -0.479 e. The minimum atomic E-state index is -1.82. The molecule has 0 radical (unpaired) electrons. The molecular formula is C23H38O6S. The number of ketones is 1. The van der Waals surface area contributed by atoms with Crippen LogP contribution >= 0.6 is 0 Å². The summed E-state index contributed by atoms with van der Waals surface area (Å²) in [5, 5.41) is 29.9. The van der Waals surface area contributed by atoms with Gasteiger partial charge in [-0.1, -0.05) is 50.0 Å². The second-order valence-corrected chi connectivity index (χ2v) is 9.68. The maximum Gasteiger partial charge on any atom is 0.336 e. The van der Waals surface area contributed by atoms with Crippen molar-refractivity contribution in [3.05, 3.63) is 24.3 Å². The highest BCUT2D eigenvalue weighted by Crippen LogP contribution is 2.40. The van der Waals surface area contributed by atoms with Crippen LogP contribution < -0.4 is 0 Å². The molecular weight excluding hydrogens is 404 g/mol. The standard InChI is InChI=1S/C23H38O6S/c1-30(29)18-21(25)16-10-9-15-19(12-6-4-2-3-5-11-17-24)23(28,22(26)27)20-13-7-8-14-20/h6,9-10,12,19-20,24,28H,2-5,7-8,11,13-18H2,1H3,(H,26,27)/t19-,23+,30?/m1/s1. The smallest absolute Gasteiger partial charge is 0.336 e. The summed E-state index contributed by atoms with van der Waals surface area (Å²) in [6.07, 6.45) is 17.0. The molecule has 7 heteroatoms. The van der Waals surface area contributed by atoms with E-state index in [1.165, 1.54) is 6.26 Å². The molecule has 0 aromatic carbocycles. The maximum absolute atomic E-state index is 12.1. The van der Waals surface area contributed by atoms with Crippen LogP contribution in [0.15, 0.2) is 24.3 Å². The van der Waals surface area contributed by atoms with Crippen LogP contribution in [0, 0.1) is 11.8 Å². The first kappa shape index (κ1) is 26.7. The van der Waals surface area contributed by atoms with Gasteiger partial charge in [0.2, 0.25) is 0 Å². The van der Waals surface area contributed by atoms with Gasteiger partial charge in [-0.15, -0.1) is 0 Å². The van der Waals surface area contributed by atoms with E-state index >= 15 is 0 Å². The van der Waals surface area contributed by atoms with Gasteiger partial charge in [0.25, 0.3) is 0 Å². The Bertz CT molecular complexity index is 609. The zero-order valence-corrected chi connectivity index (χ0v) is 18.9. The quantitative estimate of drug-likeness (QED) is 0.249. The second-order valence-electron chi connectivity index (χ2n) is 8.24. The SMILES string of the molecule is CS(=O)CC(=O)CC=CC[C@@H](C=CCCCCCCO)[C@@](O)(C(=O)O)C1CCCC1. The van der Waals surface area contributed by atoms with E-state index in [0.29, 0.717) is 19.3 Å². The van der Waals surface area contributed by atoms with Gasteiger partial charge in [-0.2, -0.15) is 0 Å². The highest BCUT2D eigenvalue weighted by Gasteiger charge is 2.49. The Hall–Kier alpha value is -1.31. The van der Waals surface area contributed by atoms with Gasteiger partial charge in [0, 0.05) is 36.0 Å². The summed E-state index contributed by atoms with van der Waals surface area (Å²) in [6.45, 7) is 0.202. The Morgan fingerprint density at radius 3 is 2.37 bits per heavy atom. The molecule has 0 aromatic heterocycles. The van der Waals surface area contributed by atoms with Crippen LogP contribution in [0.2, 0.25) is 0 Å². The summed E-state index contributed by atoms with van der Waals surface area (Å²) in [6, 6.07) is 0. The molecule has 1 saturated carbocycles. The average molecular weight is 443 g/mol. The Morgan fingerprint density at radius 2 is 1.77 bits per heavy atom. The lowest BCUT2D eigenvalue weighted by molar-refractivity contribution is -0.170. The number of carboxylic acid groups (broad SMARTS) is 1. The Morgan fingerprint density at radius 1 is 1.10 bits per heavy atom. The van der Waals surface area contributed by atoms with E-state index in [4.69, 9.17) is 5.11 Å². The highest BCUT2D eigenvalue weighted by atomic mass is 32.2. The number of unbranched alkanes of at least 4 members (excludes halogenated alkanes) is 4. The number of aliphatic hydroxyl groups is 2. The van der Waals surface area contributed by atoms with Crippen molar-refractivity contribution in [1.29, 1.82) is 0 Å². The van der Waals surface area contributed by atoms with Crippen molar-refractivity contribution >= 4 is 22.6 Å². The van der Waals surface area contributed by atoms with Gasteiger partial charge < -0.3 is 15.3 Å². The molecule has 3 atom stereocenters. The minimum absolute atomic E-state index is 0.0189. The van der Waals surface area contributed by atoms with E-state index in [9.17, 15) is 24.0 Å². The average Bonchev–Trinajstić information content (AvgIpc) is 3.22. The van der Waals surface area contributed by atoms with E-state index in [2.05, 4.69) is 0 Å². The monoisotopic (exact) mass is 442 g/mol. The lowest BCUT2D eigenvalue weighted by Gasteiger charge is -2.35. The summed E-state index contributed by atoms with van der Waals surface area (Å²) < 4.78 is 11.1. The van der Waals surface area contributed by atoms with Crippen LogP contribution in [0.3, 0.4) is 0 Å². The van der Waals surface area contributed by atoms with Crippen molar-refractivity contribution in [3.63, 3.8) is 0 Å². The zero-order chi connectivity index (χ0) is 22.4. The number of allylic oxidation sites excluding steroid dienone is 3. The third-order valence-corrected chi connectivity index (χ3v) is 6.53. The van der Waals surface area contributed by atoms with Gasteiger partial charge in [0.05, 0.1) is 5.75 Å². The molecule has 0 saturated heterocycles. The lowest BCUT2D eigenvalue weighted by atomic mass is 9.74.